The standard InChI is InChI=1S/C13H20N2O3/c1-10(2)14-7-4-8-18-13-9-12(15(16)17)6-5-11(13)3/h5-6,9-10,14H,4,7-8H2,1-3H3. The van der Waals surface area contributed by atoms with Gasteiger partial charge < -0.3 is 10.1 Å². The van der Waals surface area contributed by atoms with Crippen molar-refractivity contribution >= 4 is 5.69 Å². The maximum absolute atomic E-state index is 10.7. The van der Waals surface area contributed by atoms with E-state index in [1.54, 1.807) is 6.07 Å². The van der Waals surface area contributed by atoms with Gasteiger partial charge in [0.2, 0.25) is 0 Å². The van der Waals surface area contributed by atoms with Crippen molar-refractivity contribution in [2.45, 2.75) is 33.2 Å². The zero-order chi connectivity index (χ0) is 13.5. The highest BCUT2D eigenvalue weighted by Crippen LogP contribution is 2.23. The molecule has 1 aromatic rings. The summed E-state index contributed by atoms with van der Waals surface area (Å²) in [5, 5.41) is 13.9. The number of rotatable bonds is 7. The molecule has 0 fully saturated rings. The van der Waals surface area contributed by atoms with Crippen molar-refractivity contribution in [2.24, 2.45) is 0 Å². The molecular weight excluding hydrogens is 232 g/mol. The molecule has 0 bridgehead atoms. The minimum atomic E-state index is -0.410. The van der Waals surface area contributed by atoms with Gasteiger partial charge in [0.15, 0.2) is 0 Å². The van der Waals surface area contributed by atoms with Crippen LogP contribution in [0.3, 0.4) is 0 Å². The van der Waals surface area contributed by atoms with E-state index >= 15 is 0 Å². The van der Waals surface area contributed by atoms with Crippen molar-refractivity contribution in [3.05, 3.63) is 33.9 Å². The molecule has 0 heterocycles. The van der Waals surface area contributed by atoms with Gasteiger partial charge in [0, 0.05) is 12.1 Å². The molecule has 0 atom stereocenters. The number of nitro groups is 1. The van der Waals surface area contributed by atoms with Crippen LogP contribution in [0.25, 0.3) is 0 Å². The molecule has 0 unspecified atom stereocenters. The van der Waals surface area contributed by atoms with Crippen molar-refractivity contribution in [2.75, 3.05) is 13.2 Å². The lowest BCUT2D eigenvalue weighted by atomic mass is 10.2. The lowest BCUT2D eigenvalue weighted by molar-refractivity contribution is -0.384. The molecule has 0 radical (unpaired) electrons. The predicted molar refractivity (Wildman–Crippen MR) is 71.1 cm³/mol. The van der Waals surface area contributed by atoms with Crippen LogP contribution in [0, 0.1) is 17.0 Å². The third kappa shape index (κ3) is 4.71. The smallest absolute Gasteiger partial charge is 0.273 e. The molecule has 0 saturated heterocycles. The third-order valence-electron chi connectivity index (χ3n) is 2.51. The molecule has 0 aliphatic rings. The van der Waals surface area contributed by atoms with E-state index in [0.717, 1.165) is 18.5 Å². The van der Waals surface area contributed by atoms with E-state index in [4.69, 9.17) is 4.74 Å². The Balaban J connectivity index is 2.46. The third-order valence-corrected chi connectivity index (χ3v) is 2.51. The van der Waals surface area contributed by atoms with Crippen molar-refractivity contribution in [1.29, 1.82) is 0 Å². The van der Waals surface area contributed by atoms with Crippen LogP contribution in [0.15, 0.2) is 18.2 Å². The van der Waals surface area contributed by atoms with Gasteiger partial charge in [-0.25, -0.2) is 0 Å². The van der Waals surface area contributed by atoms with Crippen LogP contribution in [-0.4, -0.2) is 24.1 Å². The van der Waals surface area contributed by atoms with E-state index in [-0.39, 0.29) is 5.69 Å². The summed E-state index contributed by atoms with van der Waals surface area (Å²) in [4.78, 5) is 10.2. The first kappa shape index (κ1) is 14.4. The SMILES string of the molecule is Cc1ccc([N+](=O)[O-])cc1OCCCNC(C)C. The first-order chi connectivity index (χ1) is 8.50. The Bertz CT molecular complexity index is 405. The van der Waals surface area contributed by atoms with Gasteiger partial charge in [-0.3, -0.25) is 10.1 Å². The highest BCUT2D eigenvalue weighted by molar-refractivity contribution is 5.43. The summed E-state index contributed by atoms with van der Waals surface area (Å²) in [5.74, 6) is 0.591. The van der Waals surface area contributed by atoms with E-state index in [2.05, 4.69) is 19.2 Å². The van der Waals surface area contributed by atoms with Crippen molar-refractivity contribution < 1.29 is 9.66 Å². The Hall–Kier alpha value is -1.62. The predicted octanol–water partition coefficient (Wildman–Crippen LogP) is 2.67. The fourth-order valence-electron chi connectivity index (χ4n) is 1.50. The van der Waals surface area contributed by atoms with Gasteiger partial charge in [0.25, 0.3) is 5.69 Å². The maximum Gasteiger partial charge on any atom is 0.273 e. The van der Waals surface area contributed by atoms with Crippen LogP contribution >= 0.6 is 0 Å². The highest BCUT2D eigenvalue weighted by Gasteiger charge is 2.09. The topological polar surface area (TPSA) is 64.4 Å². The summed E-state index contributed by atoms with van der Waals surface area (Å²) in [6.07, 6.45) is 0.875. The molecule has 100 valence electrons. The monoisotopic (exact) mass is 252 g/mol. The summed E-state index contributed by atoms with van der Waals surface area (Å²) >= 11 is 0. The van der Waals surface area contributed by atoms with Gasteiger partial charge in [-0.15, -0.1) is 0 Å². The maximum atomic E-state index is 10.7. The summed E-state index contributed by atoms with van der Waals surface area (Å²) in [6.45, 7) is 7.50. The molecule has 1 N–H and O–H groups in total. The van der Waals surface area contributed by atoms with Crippen LogP contribution in [0.1, 0.15) is 25.8 Å². The van der Waals surface area contributed by atoms with Gasteiger partial charge in [-0.2, -0.15) is 0 Å². The fraction of sp³-hybridized carbons (Fsp3) is 0.538. The Morgan fingerprint density at radius 3 is 2.78 bits per heavy atom. The zero-order valence-electron chi connectivity index (χ0n) is 11.1. The average molecular weight is 252 g/mol. The molecule has 5 heteroatoms. The molecule has 1 rings (SSSR count). The number of hydrogen-bond donors (Lipinski definition) is 1. The van der Waals surface area contributed by atoms with Crippen LogP contribution in [0.2, 0.25) is 0 Å². The number of ether oxygens (including phenoxy) is 1. The Kier molecular flexibility index (Phi) is 5.58. The van der Waals surface area contributed by atoms with Gasteiger partial charge in [0.05, 0.1) is 17.6 Å². The van der Waals surface area contributed by atoms with E-state index in [1.807, 2.05) is 6.92 Å². The van der Waals surface area contributed by atoms with Crippen molar-refractivity contribution in [3.63, 3.8) is 0 Å². The quantitative estimate of drug-likeness (QED) is 0.460. The van der Waals surface area contributed by atoms with Crippen molar-refractivity contribution in [3.8, 4) is 5.75 Å². The summed E-state index contributed by atoms with van der Waals surface area (Å²) in [5.41, 5.74) is 0.980. The number of nitrogens with zero attached hydrogens (tertiary/aromatic N) is 1. The molecule has 0 saturated carbocycles. The second-order valence-electron chi connectivity index (χ2n) is 4.52. The Morgan fingerprint density at radius 2 is 2.17 bits per heavy atom. The first-order valence-corrected chi connectivity index (χ1v) is 6.12. The average Bonchev–Trinajstić information content (AvgIpc) is 2.30. The van der Waals surface area contributed by atoms with Crippen LogP contribution in [-0.2, 0) is 0 Å². The molecule has 5 nitrogen and oxygen atoms in total. The molecule has 0 spiro atoms. The summed E-state index contributed by atoms with van der Waals surface area (Å²) in [7, 11) is 0. The highest BCUT2D eigenvalue weighted by atomic mass is 16.6. The van der Waals surface area contributed by atoms with Gasteiger partial charge in [-0.05, 0) is 31.5 Å². The number of nitrogens with one attached hydrogen (secondary N) is 1. The number of hydrogen-bond acceptors (Lipinski definition) is 4. The molecular formula is C13H20N2O3. The lowest BCUT2D eigenvalue weighted by Gasteiger charge is -2.10. The Morgan fingerprint density at radius 1 is 1.44 bits per heavy atom. The molecule has 0 aliphatic heterocycles. The molecule has 1 aromatic carbocycles. The fourth-order valence-corrected chi connectivity index (χ4v) is 1.50. The van der Waals surface area contributed by atoms with Crippen molar-refractivity contribution in [1.82, 2.24) is 5.32 Å². The number of aryl methyl sites for hydroxylation is 1. The van der Waals surface area contributed by atoms with E-state index < -0.39 is 4.92 Å². The zero-order valence-corrected chi connectivity index (χ0v) is 11.1. The van der Waals surface area contributed by atoms with Gasteiger partial charge in [0.1, 0.15) is 5.75 Å². The van der Waals surface area contributed by atoms with Crippen LogP contribution < -0.4 is 10.1 Å². The minimum Gasteiger partial charge on any atom is -0.493 e. The lowest BCUT2D eigenvalue weighted by Crippen LogP contribution is -2.24. The van der Waals surface area contributed by atoms with E-state index in [1.165, 1.54) is 12.1 Å². The second kappa shape index (κ2) is 6.96. The van der Waals surface area contributed by atoms with E-state index in [9.17, 15) is 10.1 Å². The van der Waals surface area contributed by atoms with E-state index in [0.29, 0.717) is 18.4 Å². The number of nitro benzene ring substituents is 1. The normalized spacial score (nSPS) is 10.7. The largest absolute Gasteiger partial charge is 0.493 e. The molecule has 18 heavy (non-hydrogen) atoms. The Labute approximate surface area is 107 Å². The van der Waals surface area contributed by atoms with Gasteiger partial charge >= 0.3 is 0 Å². The second-order valence-corrected chi connectivity index (χ2v) is 4.52. The van der Waals surface area contributed by atoms with Crippen LogP contribution in [0.4, 0.5) is 5.69 Å². The molecule has 0 amide bonds. The minimum absolute atomic E-state index is 0.0657. The summed E-state index contributed by atoms with van der Waals surface area (Å²) in [6, 6.07) is 5.14. The van der Waals surface area contributed by atoms with Crippen LogP contribution in [0.5, 0.6) is 5.75 Å². The van der Waals surface area contributed by atoms with Gasteiger partial charge in [-0.1, -0.05) is 13.8 Å². The number of non-ortho nitro benzene ring substituents is 1. The molecule has 0 aromatic heterocycles. The summed E-state index contributed by atoms with van der Waals surface area (Å²) < 4.78 is 5.56. The molecule has 0 aliphatic carbocycles. The number of benzene rings is 1. The first-order valence-electron chi connectivity index (χ1n) is 6.12.